The number of hydrogen-bond donors (Lipinski definition) is 0. The first kappa shape index (κ1) is 12.1. The Morgan fingerprint density at radius 1 is 1.44 bits per heavy atom. The predicted molar refractivity (Wildman–Crippen MR) is 52.5 cm³/mol. The van der Waals surface area contributed by atoms with Crippen molar-refractivity contribution in [3.63, 3.8) is 0 Å². The highest BCUT2D eigenvalue weighted by Crippen LogP contribution is 1.96. The molecule has 1 aromatic rings. The van der Waals surface area contributed by atoms with Gasteiger partial charge in [0.1, 0.15) is 6.54 Å². The van der Waals surface area contributed by atoms with E-state index < -0.39 is 5.97 Å². The maximum absolute atomic E-state index is 11.4. The smallest absolute Gasteiger partial charge is 0.378 e. The summed E-state index contributed by atoms with van der Waals surface area (Å²) < 4.78 is 5.85. The lowest BCUT2D eigenvalue weighted by atomic mass is 10.5. The molecule has 0 radical (unpaired) electrons. The predicted octanol–water partition coefficient (Wildman–Crippen LogP) is -1.06. The molecule has 0 bridgehead atoms. The summed E-state index contributed by atoms with van der Waals surface area (Å²) in [5, 5.41) is 10.4. The van der Waals surface area contributed by atoms with E-state index in [9.17, 15) is 9.59 Å². The van der Waals surface area contributed by atoms with Crippen LogP contribution in [-0.4, -0.2) is 57.7 Å². The number of ether oxygens (including phenoxy) is 1. The highest BCUT2D eigenvalue weighted by atomic mass is 16.5. The summed E-state index contributed by atoms with van der Waals surface area (Å²) in [7, 11) is 3.22. The van der Waals surface area contributed by atoms with Crippen LogP contribution in [0.2, 0.25) is 0 Å². The minimum absolute atomic E-state index is 0.0722. The Bertz CT molecular complexity index is 387. The largest absolute Gasteiger partial charge is 0.460 e. The van der Waals surface area contributed by atoms with Crippen LogP contribution in [0.3, 0.4) is 0 Å². The molecule has 88 valence electrons. The summed E-state index contributed by atoms with van der Waals surface area (Å²) in [5.41, 5.74) is 0. The molecule has 0 aliphatic heterocycles. The summed E-state index contributed by atoms with van der Waals surface area (Å²) >= 11 is 0. The molecule has 8 nitrogen and oxygen atoms in total. The number of esters is 1. The lowest BCUT2D eigenvalue weighted by Gasteiger charge is -2.10. The average molecular weight is 227 g/mol. The van der Waals surface area contributed by atoms with Crippen molar-refractivity contribution in [2.75, 3.05) is 20.7 Å². The molecule has 0 aliphatic carbocycles. The van der Waals surface area contributed by atoms with E-state index >= 15 is 0 Å². The monoisotopic (exact) mass is 227 g/mol. The number of rotatable bonds is 4. The van der Waals surface area contributed by atoms with Crippen LogP contribution in [0, 0.1) is 0 Å². The number of aromatic nitrogens is 4. The molecule has 0 fully saturated rings. The number of amides is 1. The maximum atomic E-state index is 11.4. The zero-order valence-electron chi connectivity index (χ0n) is 9.38. The molecule has 1 amide bonds. The number of nitrogens with zero attached hydrogens (tertiary/aromatic N) is 5. The van der Waals surface area contributed by atoms with Gasteiger partial charge in [-0.05, 0) is 17.4 Å². The van der Waals surface area contributed by atoms with Gasteiger partial charge in [-0.3, -0.25) is 4.79 Å². The van der Waals surface area contributed by atoms with Gasteiger partial charge in [0.05, 0.1) is 6.61 Å². The molecule has 0 N–H and O–H groups in total. The first-order valence-electron chi connectivity index (χ1n) is 4.69. The van der Waals surface area contributed by atoms with Crippen molar-refractivity contribution in [2.45, 2.75) is 13.5 Å². The molecule has 0 saturated carbocycles. The van der Waals surface area contributed by atoms with Crippen molar-refractivity contribution < 1.29 is 14.3 Å². The van der Waals surface area contributed by atoms with Crippen LogP contribution >= 0.6 is 0 Å². The summed E-state index contributed by atoms with van der Waals surface area (Å²) in [6, 6.07) is 0. The van der Waals surface area contributed by atoms with Gasteiger partial charge >= 0.3 is 5.97 Å². The van der Waals surface area contributed by atoms with Gasteiger partial charge in [-0.1, -0.05) is 0 Å². The van der Waals surface area contributed by atoms with Crippen LogP contribution in [0.4, 0.5) is 0 Å². The van der Waals surface area contributed by atoms with Gasteiger partial charge < -0.3 is 9.64 Å². The Kier molecular flexibility index (Phi) is 3.92. The topological polar surface area (TPSA) is 90.2 Å². The molecule has 0 unspecified atom stereocenters. The van der Waals surface area contributed by atoms with Gasteiger partial charge in [0, 0.05) is 14.1 Å². The van der Waals surface area contributed by atoms with Gasteiger partial charge in [-0.15, -0.1) is 5.10 Å². The molecule has 1 rings (SSSR count). The summed E-state index contributed by atoms with van der Waals surface area (Å²) in [5.74, 6) is -0.922. The first-order valence-corrected chi connectivity index (χ1v) is 4.69. The van der Waals surface area contributed by atoms with Crippen LogP contribution in [0.1, 0.15) is 17.5 Å². The lowest BCUT2D eigenvalue weighted by Crippen LogP contribution is -2.28. The van der Waals surface area contributed by atoms with Crippen molar-refractivity contribution in [2.24, 2.45) is 0 Å². The van der Waals surface area contributed by atoms with Crippen LogP contribution in [0.5, 0.6) is 0 Å². The Balaban J connectivity index is 2.78. The van der Waals surface area contributed by atoms with E-state index in [1.165, 1.54) is 4.90 Å². The number of carbonyl (C=O) groups excluding carboxylic acids is 2. The Morgan fingerprint density at radius 3 is 2.69 bits per heavy atom. The second-order valence-electron chi connectivity index (χ2n) is 3.17. The second-order valence-corrected chi connectivity index (χ2v) is 3.17. The zero-order chi connectivity index (χ0) is 12.1. The maximum Gasteiger partial charge on any atom is 0.378 e. The molecule has 1 aromatic heterocycles. The molecule has 0 atom stereocenters. The molecule has 0 aromatic carbocycles. The van der Waals surface area contributed by atoms with E-state index in [0.717, 1.165) is 4.68 Å². The van der Waals surface area contributed by atoms with Gasteiger partial charge in [0.25, 0.3) is 5.82 Å². The van der Waals surface area contributed by atoms with Crippen molar-refractivity contribution in [3.8, 4) is 0 Å². The Hall–Kier alpha value is -1.99. The van der Waals surface area contributed by atoms with Crippen LogP contribution in [0.25, 0.3) is 0 Å². The minimum Gasteiger partial charge on any atom is -0.460 e. The fourth-order valence-electron chi connectivity index (χ4n) is 0.923. The molecule has 0 spiro atoms. The normalized spacial score (nSPS) is 9.94. The molecule has 1 heterocycles. The average Bonchev–Trinajstić information content (AvgIpc) is 2.66. The fourth-order valence-corrected chi connectivity index (χ4v) is 0.923. The number of carbonyl (C=O) groups is 2. The van der Waals surface area contributed by atoms with Gasteiger partial charge in [-0.25, -0.2) is 9.48 Å². The molecule has 0 aliphatic rings. The molecule has 16 heavy (non-hydrogen) atoms. The summed E-state index contributed by atoms with van der Waals surface area (Å²) in [6.07, 6.45) is 0. The SMILES string of the molecule is CCOC(=O)c1nnnn1CC(=O)N(C)C. The molecular weight excluding hydrogens is 214 g/mol. The standard InChI is InChI=1S/C8H13N5O3/c1-4-16-8(15)7-9-10-11-13(7)5-6(14)12(2)3/h4-5H2,1-3H3. The fraction of sp³-hybridized carbons (Fsp3) is 0.625. The summed E-state index contributed by atoms with van der Waals surface area (Å²) in [6.45, 7) is 1.82. The van der Waals surface area contributed by atoms with E-state index in [4.69, 9.17) is 4.74 Å². The van der Waals surface area contributed by atoms with Crippen LogP contribution in [0.15, 0.2) is 0 Å². The highest BCUT2D eigenvalue weighted by Gasteiger charge is 2.18. The number of likely N-dealkylation sites (N-methyl/N-ethyl adjacent to an activating group) is 1. The second kappa shape index (κ2) is 5.19. The summed E-state index contributed by atoms with van der Waals surface area (Å²) in [4.78, 5) is 24.2. The van der Waals surface area contributed by atoms with E-state index in [1.807, 2.05) is 0 Å². The highest BCUT2D eigenvalue weighted by molar-refractivity contribution is 5.86. The van der Waals surface area contributed by atoms with Gasteiger partial charge in [-0.2, -0.15) is 0 Å². The third-order valence-corrected chi connectivity index (χ3v) is 1.77. The lowest BCUT2D eigenvalue weighted by molar-refractivity contribution is -0.129. The van der Waals surface area contributed by atoms with Crippen molar-refractivity contribution in [3.05, 3.63) is 5.82 Å². The first-order chi connectivity index (χ1) is 7.56. The Labute approximate surface area is 92.2 Å². The molecular formula is C8H13N5O3. The van der Waals surface area contributed by atoms with Crippen molar-refractivity contribution in [1.29, 1.82) is 0 Å². The van der Waals surface area contributed by atoms with E-state index in [1.54, 1.807) is 21.0 Å². The van der Waals surface area contributed by atoms with E-state index in [-0.39, 0.29) is 24.9 Å². The Morgan fingerprint density at radius 2 is 2.12 bits per heavy atom. The minimum atomic E-state index is -0.640. The quantitative estimate of drug-likeness (QED) is 0.609. The number of hydrogen-bond acceptors (Lipinski definition) is 6. The molecule has 0 saturated heterocycles. The zero-order valence-corrected chi connectivity index (χ0v) is 9.38. The van der Waals surface area contributed by atoms with E-state index in [2.05, 4.69) is 15.5 Å². The van der Waals surface area contributed by atoms with Crippen molar-refractivity contribution in [1.82, 2.24) is 25.1 Å². The van der Waals surface area contributed by atoms with E-state index in [0.29, 0.717) is 0 Å². The van der Waals surface area contributed by atoms with Gasteiger partial charge in [0.15, 0.2) is 0 Å². The molecule has 8 heteroatoms. The third kappa shape index (κ3) is 2.75. The van der Waals surface area contributed by atoms with Crippen LogP contribution in [-0.2, 0) is 16.1 Å². The van der Waals surface area contributed by atoms with Crippen LogP contribution < -0.4 is 0 Å². The van der Waals surface area contributed by atoms with Crippen molar-refractivity contribution >= 4 is 11.9 Å². The number of tetrazole rings is 1. The third-order valence-electron chi connectivity index (χ3n) is 1.77. The van der Waals surface area contributed by atoms with Gasteiger partial charge in [0.2, 0.25) is 5.91 Å².